The van der Waals surface area contributed by atoms with Gasteiger partial charge in [-0.15, -0.1) is 0 Å². The van der Waals surface area contributed by atoms with Crippen molar-refractivity contribution in [1.82, 2.24) is 0 Å². The number of ether oxygens (including phenoxy) is 2. The number of aliphatic hydroxyl groups is 4. The Morgan fingerprint density at radius 2 is 1.05 bits per heavy atom. The molecule has 4 N–H and O–H groups in total. The summed E-state index contributed by atoms with van der Waals surface area (Å²) >= 11 is 0. The number of hydrogen-bond donors (Lipinski definition) is 4. The molecule has 22 heavy (non-hydrogen) atoms. The first-order valence-corrected chi connectivity index (χ1v) is 8.41. The van der Waals surface area contributed by atoms with E-state index in [1.54, 1.807) is 13.8 Å². The minimum atomic E-state index is -1.44. The lowest BCUT2D eigenvalue weighted by atomic mass is 9.45. The van der Waals surface area contributed by atoms with Crippen molar-refractivity contribution in [3.63, 3.8) is 0 Å². The predicted molar refractivity (Wildman–Crippen MR) is 68.8 cm³/mol. The van der Waals surface area contributed by atoms with Gasteiger partial charge in [0.05, 0.1) is 24.4 Å². The van der Waals surface area contributed by atoms with Crippen molar-refractivity contribution in [3.8, 4) is 0 Å². The lowest BCUT2D eigenvalue weighted by Crippen LogP contribution is -2.68. The van der Waals surface area contributed by atoms with Gasteiger partial charge in [0.25, 0.3) is 0 Å². The third-order valence-electron chi connectivity index (χ3n) is 9.27. The smallest absolute Gasteiger partial charge is 0.170 e. The van der Waals surface area contributed by atoms with Crippen molar-refractivity contribution >= 4 is 0 Å². The zero-order valence-electron chi connectivity index (χ0n) is 12.4. The largest absolute Gasteiger partial charge is 0.390 e. The Bertz CT molecular complexity index is 605. The molecule has 0 amide bonds. The Morgan fingerprint density at radius 1 is 0.682 bits per heavy atom. The van der Waals surface area contributed by atoms with Gasteiger partial charge in [0.2, 0.25) is 0 Å². The van der Waals surface area contributed by atoms with Crippen LogP contribution in [0.4, 0.5) is 0 Å². The van der Waals surface area contributed by atoms with E-state index in [9.17, 15) is 20.4 Å². The Hall–Kier alpha value is -0.240. The van der Waals surface area contributed by atoms with E-state index >= 15 is 0 Å². The molecule has 8 bridgehead atoms. The summed E-state index contributed by atoms with van der Waals surface area (Å²) in [5.74, 6) is -2.53. The van der Waals surface area contributed by atoms with Gasteiger partial charge in [-0.2, -0.15) is 0 Å². The van der Waals surface area contributed by atoms with Gasteiger partial charge in [-0.25, -0.2) is 0 Å². The van der Waals surface area contributed by atoms with Crippen LogP contribution in [0.3, 0.4) is 0 Å². The summed E-state index contributed by atoms with van der Waals surface area (Å²) in [4.78, 5) is 0. The highest BCUT2D eigenvalue weighted by Gasteiger charge is 3.06. The standard InChI is InChI=1S/C16H20O6/c1-13(19)15-5-3-4-6(10(18)11(21-13)7(4)15)16(15)8(3)12(9(5)17)22-14(16,2)20/h3-12,17-20H,1-2H3/t3-,4+,5-,6+,7+,8-,9-,10+,11-,12+,13-,14+,15-,16+. The van der Waals surface area contributed by atoms with Crippen LogP contribution in [-0.2, 0) is 9.47 Å². The molecule has 0 aromatic heterocycles. The van der Waals surface area contributed by atoms with Crippen molar-refractivity contribution in [2.75, 3.05) is 0 Å². The Balaban J connectivity index is 1.67. The summed E-state index contributed by atoms with van der Waals surface area (Å²) in [5, 5.41) is 44.1. The summed E-state index contributed by atoms with van der Waals surface area (Å²) in [5.41, 5.74) is -1.38. The Kier molecular flexibility index (Phi) is 1.44. The Morgan fingerprint density at radius 3 is 1.41 bits per heavy atom. The van der Waals surface area contributed by atoms with Crippen LogP contribution in [0.25, 0.3) is 0 Å². The van der Waals surface area contributed by atoms with E-state index in [2.05, 4.69) is 0 Å². The van der Waals surface area contributed by atoms with Crippen LogP contribution in [0, 0.1) is 46.3 Å². The molecule has 120 valence electrons. The molecule has 6 aliphatic carbocycles. The highest BCUT2D eigenvalue weighted by Crippen LogP contribution is 2.99. The average Bonchev–Trinajstić information content (AvgIpc) is 3.17. The number of rotatable bonds is 0. The third kappa shape index (κ3) is 0.634. The zero-order chi connectivity index (χ0) is 15.2. The Labute approximate surface area is 127 Å². The molecule has 6 saturated carbocycles. The van der Waals surface area contributed by atoms with Crippen LogP contribution in [-0.4, -0.2) is 56.4 Å². The van der Waals surface area contributed by atoms with Crippen LogP contribution >= 0.6 is 0 Å². The van der Waals surface area contributed by atoms with Crippen molar-refractivity contribution in [3.05, 3.63) is 0 Å². The summed E-state index contributed by atoms with van der Waals surface area (Å²) in [6.45, 7) is 3.33. The van der Waals surface area contributed by atoms with Gasteiger partial charge in [-0.05, 0) is 25.7 Å². The zero-order valence-corrected chi connectivity index (χ0v) is 12.4. The van der Waals surface area contributed by atoms with Gasteiger partial charge in [0, 0.05) is 34.5 Å². The lowest BCUT2D eigenvalue weighted by molar-refractivity contribution is -0.308. The number of hydrogen-bond acceptors (Lipinski definition) is 6. The van der Waals surface area contributed by atoms with E-state index in [0.29, 0.717) is 0 Å². The first-order valence-electron chi connectivity index (χ1n) is 8.41. The van der Waals surface area contributed by atoms with E-state index in [4.69, 9.17) is 9.47 Å². The highest BCUT2D eigenvalue weighted by atomic mass is 16.7. The molecule has 2 spiro atoms. The van der Waals surface area contributed by atoms with Gasteiger partial charge >= 0.3 is 0 Å². The molecule has 6 nitrogen and oxygen atoms in total. The molecule has 14 atom stereocenters. The SMILES string of the molecule is C[C@]1(O)O[C@@H]2[C@H](O)[C@H]3[C@H]4[C@H]5[C@H]6[C@H](O)[C@@H]7O[C@@](C)(O)[C@@]3([C@H]75)[C@]61[C@@H]24. The van der Waals surface area contributed by atoms with Crippen LogP contribution < -0.4 is 0 Å². The summed E-state index contributed by atoms with van der Waals surface area (Å²) in [6.07, 6.45) is -2.06. The van der Waals surface area contributed by atoms with Gasteiger partial charge in [-0.3, -0.25) is 0 Å². The summed E-state index contributed by atoms with van der Waals surface area (Å²) in [6, 6.07) is 0. The summed E-state index contributed by atoms with van der Waals surface area (Å²) in [7, 11) is 0. The first kappa shape index (κ1) is 12.2. The molecule has 2 heterocycles. The van der Waals surface area contributed by atoms with Gasteiger partial charge in [0.1, 0.15) is 0 Å². The quantitative estimate of drug-likeness (QED) is 0.442. The van der Waals surface area contributed by atoms with E-state index in [1.807, 2.05) is 0 Å². The van der Waals surface area contributed by atoms with Gasteiger partial charge in [-0.1, -0.05) is 0 Å². The van der Waals surface area contributed by atoms with Crippen LogP contribution in [0.2, 0.25) is 0 Å². The molecular weight excluding hydrogens is 288 g/mol. The van der Waals surface area contributed by atoms with Crippen molar-refractivity contribution < 1.29 is 29.9 Å². The molecule has 0 radical (unpaired) electrons. The minimum Gasteiger partial charge on any atom is -0.390 e. The predicted octanol–water partition coefficient (Wildman–Crippen LogP) is -1.34. The van der Waals surface area contributed by atoms with Crippen molar-refractivity contribution in [2.45, 2.75) is 49.8 Å². The fourth-order valence-electron chi connectivity index (χ4n) is 9.97. The van der Waals surface area contributed by atoms with Crippen LogP contribution in [0.5, 0.6) is 0 Å². The second kappa shape index (κ2) is 2.61. The van der Waals surface area contributed by atoms with E-state index in [0.717, 1.165) is 0 Å². The molecule has 2 saturated heterocycles. The van der Waals surface area contributed by atoms with Crippen LogP contribution in [0.15, 0.2) is 0 Å². The second-order valence-electron chi connectivity index (χ2n) is 9.11. The fraction of sp³-hybridized carbons (Fsp3) is 1.00. The minimum absolute atomic E-state index is 0.0255. The molecule has 0 aromatic rings. The van der Waals surface area contributed by atoms with E-state index < -0.39 is 34.6 Å². The summed E-state index contributed by atoms with van der Waals surface area (Å²) < 4.78 is 11.9. The lowest BCUT2D eigenvalue weighted by Gasteiger charge is -2.57. The van der Waals surface area contributed by atoms with E-state index in [1.165, 1.54) is 0 Å². The molecular formula is C16H20O6. The van der Waals surface area contributed by atoms with Crippen molar-refractivity contribution in [2.24, 2.45) is 46.3 Å². The third-order valence-corrected chi connectivity index (χ3v) is 9.27. The molecule has 0 aromatic carbocycles. The molecule has 8 fully saturated rings. The average molecular weight is 308 g/mol. The molecule has 8 rings (SSSR count). The van der Waals surface area contributed by atoms with Crippen molar-refractivity contribution in [1.29, 1.82) is 0 Å². The molecule has 6 heteroatoms. The van der Waals surface area contributed by atoms with Crippen LogP contribution in [0.1, 0.15) is 13.8 Å². The second-order valence-corrected chi connectivity index (χ2v) is 9.11. The van der Waals surface area contributed by atoms with Gasteiger partial charge < -0.3 is 29.9 Å². The maximum Gasteiger partial charge on any atom is 0.170 e. The van der Waals surface area contributed by atoms with Gasteiger partial charge in [0.15, 0.2) is 11.6 Å². The first-order chi connectivity index (χ1) is 10.2. The van der Waals surface area contributed by atoms with E-state index in [-0.39, 0.29) is 47.7 Å². The molecule has 8 aliphatic rings. The molecule has 0 unspecified atom stereocenters. The highest BCUT2D eigenvalue weighted by molar-refractivity contribution is 5.49. The maximum atomic E-state index is 11.2. The molecule has 2 aliphatic heterocycles. The monoisotopic (exact) mass is 308 g/mol. The maximum absolute atomic E-state index is 11.2. The normalized spacial score (nSPS) is 87.0. The fourth-order valence-corrected chi connectivity index (χ4v) is 9.97. The topological polar surface area (TPSA) is 99.4 Å². The number of aliphatic hydroxyl groups excluding tert-OH is 2.